The summed E-state index contributed by atoms with van der Waals surface area (Å²) in [6.07, 6.45) is 0. The number of aliphatic hydroxyl groups is 1. The first-order chi connectivity index (χ1) is 4.00. The first-order valence-corrected chi connectivity index (χ1v) is 2.37. The van der Waals surface area contributed by atoms with Crippen LogP contribution in [-0.2, 0) is 9.59 Å². The van der Waals surface area contributed by atoms with Crippen LogP contribution in [0.4, 0.5) is 0 Å². The van der Waals surface area contributed by atoms with E-state index >= 15 is 0 Å². The molecule has 2 N–H and O–H groups in total. The van der Waals surface area contributed by atoms with Crippen LogP contribution in [-0.4, -0.2) is 28.0 Å². The van der Waals surface area contributed by atoms with Gasteiger partial charge in [-0.1, -0.05) is 0 Å². The molecule has 9 heavy (non-hydrogen) atoms. The number of aliphatic hydroxyl groups excluding tert-OH is 1. The van der Waals surface area contributed by atoms with Gasteiger partial charge in [0.2, 0.25) is 5.24 Å². The van der Waals surface area contributed by atoms with Crippen molar-refractivity contribution in [2.24, 2.45) is 0 Å². The highest BCUT2D eigenvalue weighted by Gasteiger charge is 1.82. The Kier molecular flexibility index (Phi) is 9.21. The zero-order valence-corrected chi connectivity index (χ0v) is 5.55. The summed E-state index contributed by atoms with van der Waals surface area (Å²) in [5.74, 6) is -1.19. The summed E-state index contributed by atoms with van der Waals surface area (Å²) in [7, 11) is 0. The summed E-state index contributed by atoms with van der Waals surface area (Å²) in [5.41, 5.74) is 0. The Balaban J connectivity index is 0. The van der Waals surface area contributed by atoms with E-state index in [9.17, 15) is 4.79 Å². The van der Waals surface area contributed by atoms with Crippen LogP contribution in [0.5, 0.6) is 0 Å². The van der Waals surface area contributed by atoms with Crippen LogP contribution in [0.2, 0.25) is 0 Å². The van der Waals surface area contributed by atoms with Gasteiger partial charge in [-0.3, -0.25) is 4.79 Å². The van der Waals surface area contributed by atoms with E-state index in [2.05, 4.69) is 11.6 Å². The van der Waals surface area contributed by atoms with Crippen molar-refractivity contribution in [1.29, 1.82) is 0 Å². The molecule has 4 nitrogen and oxygen atoms in total. The quantitative estimate of drug-likeness (QED) is 0.515. The Labute approximate surface area is 57.1 Å². The third kappa shape index (κ3) is 111. The molecule has 0 heterocycles. The molecule has 0 bridgehead atoms. The minimum absolute atomic E-state index is 0.361. The van der Waals surface area contributed by atoms with E-state index in [4.69, 9.17) is 15.0 Å². The van der Waals surface area contributed by atoms with E-state index in [1.54, 1.807) is 0 Å². The Bertz CT molecular complexity index is 96.7. The summed E-state index contributed by atoms with van der Waals surface area (Å²) in [6, 6.07) is 0. The molecule has 0 aliphatic carbocycles. The number of carboxylic acids is 1. The fourth-order valence-electron chi connectivity index (χ4n) is 0. The van der Waals surface area contributed by atoms with Gasteiger partial charge in [0, 0.05) is 6.92 Å². The number of carbonyl (C=O) groups excluding carboxylic acids is 1. The van der Waals surface area contributed by atoms with Crippen molar-refractivity contribution in [2.75, 3.05) is 6.61 Å². The highest BCUT2D eigenvalue weighted by atomic mass is 35.5. The van der Waals surface area contributed by atoms with Crippen LogP contribution < -0.4 is 0 Å². The van der Waals surface area contributed by atoms with Gasteiger partial charge in [-0.2, -0.15) is 0 Å². The largest absolute Gasteiger partial charge is 0.480 e. The molecule has 0 saturated heterocycles. The van der Waals surface area contributed by atoms with Crippen LogP contribution >= 0.6 is 11.6 Å². The van der Waals surface area contributed by atoms with Crippen LogP contribution in [0.1, 0.15) is 6.92 Å². The molecule has 0 radical (unpaired) electrons. The molecule has 5 heteroatoms. The van der Waals surface area contributed by atoms with Gasteiger partial charge < -0.3 is 10.2 Å². The van der Waals surface area contributed by atoms with Gasteiger partial charge >= 0.3 is 5.97 Å². The highest BCUT2D eigenvalue weighted by molar-refractivity contribution is 6.62. The zero-order valence-electron chi connectivity index (χ0n) is 4.80. The summed E-state index contributed by atoms with van der Waals surface area (Å²) >= 11 is 4.64. The van der Waals surface area contributed by atoms with E-state index in [0.29, 0.717) is 0 Å². The van der Waals surface area contributed by atoms with E-state index in [1.165, 1.54) is 6.92 Å². The highest BCUT2D eigenvalue weighted by Crippen LogP contribution is 1.67. The van der Waals surface area contributed by atoms with Crippen LogP contribution in [0.25, 0.3) is 0 Å². The number of carboxylic acid groups (broad SMARTS) is 1. The monoisotopic (exact) mass is 154 g/mol. The predicted octanol–water partition coefficient (Wildman–Crippen LogP) is -0.165. The minimum atomic E-state index is -1.19. The molecule has 0 aromatic rings. The molecule has 0 spiro atoms. The molecular weight excluding hydrogens is 147 g/mol. The smallest absolute Gasteiger partial charge is 0.329 e. The number of hydrogen-bond donors (Lipinski definition) is 2. The maximum absolute atomic E-state index is 9.21. The zero-order chi connectivity index (χ0) is 7.86. The van der Waals surface area contributed by atoms with Gasteiger partial charge in [-0.05, 0) is 11.6 Å². The second-order valence-electron chi connectivity index (χ2n) is 1.02. The summed E-state index contributed by atoms with van der Waals surface area (Å²) < 4.78 is 0. The molecule has 0 aromatic heterocycles. The molecule has 0 amide bonds. The Morgan fingerprint density at radius 3 is 1.67 bits per heavy atom. The third-order valence-electron chi connectivity index (χ3n) is 0.135. The second kappa shape index (κ2) is 7.39. The second-order valence-corrected chi connectivity index (χ2v) is 1.55. The van der Waals surface area contributed by atoms with E-state index in [1.807, 2.05) is 0 Å². The average Bonchev–Trinajstić information content (AvgIpc) is 1.65. The van der Waals surface area contributed by atoms with Crippen molar-refractivity contribution in [1.82, 2.24) is 0 Å². The molecule has 0 aliphatic heterocycles. The van der Waals surface area contributed by atoms with Gasteiger partial charge in [0.15, 0.2) is 0 Å². The summed E-state index contributed by atoms with van der Waals surface area (Å²) in [6.45, 7) is 0.515. The lowest BCUT2D eigenvalue weighted by Crippen LogP contribution is -1.98. The van der Waals surface area contributed by atoms with Gasteiger partial charge in [0.25, 0.3) is 0 Å². The first kappa shape index (κ1) is 11.2. The summed E-state index contributed by atoms with van der Waals surface area (Å²) in [5, 5.41) is 14.7. The molecule has 0 atom stereocenters. The lowest BCUT2D eigenvalue weighted by atomic mass is 10.8. The fourth-order valence-corrected chi connectivity index (χ4v) is 0. The molecule has 0 unspecified atom stereocenters. The van der Waals surface area contributed by atoms with Gasteiger partial charge in [-0.25, -0.2) is 4.79 Å². The van der Waals surface area contributed by atoms with Crippen LogP contribution in [0.3, 0.4) is 0 Å². The molecule has 0 aliphatic rings. The standard InChI is InChI=1S/C2H3ClO.C2H4O3/c1-2(3)4;3-1-2(4)5/h1H3;3H,1H2,(H,4,5). The lowest BCUT2D eigenvalue weighted by Gasteiger charge is -1.72. The SMILES string of the molecule is CC(=O)Cl.O=C(O)CO. The molecule has 0 aromatic carbocycles. The third-order valence-corrected chi connectivity index (χ3v) is 0.135. The number of carbonyl (C=O) groups is 2. The molecule has 0 rings (SSSR count). The summed E-state index contributed by atoms with van der Waals surface area (Å²) in [4.78, 5) is 18.3. The number of aliphatic carboxylic acids is 1. The topological polar surface area (TPSA) is 74.6 Å². The van der Waals surface area contributed by atoms with Crippen molar-refractivity contribution in [3.05, 3.63) is 0 Å². The van der Waals surface area contributed by atoms with E-state index < -0.39 is 12.6 Å². The van der Waals surface area contributed by atoms with Crippen molar-refractivity contribution < 1.29 is 19.8 Å². The van der Waals surface area contributed by atoms with Crippen molar-refractivity contribution in [3.8, 4) is 0 Å². The Morgan fingerprint density at radius 1 is 1.56 bits per heavy atom. The van der Waals surface area contributed by atoms with E-state index in [0.717, 1.165) is 0 Å². The Morgan fingerprint density at radius 2 is 1.67 bits per heavy atom. The predicted molar refractivity (Wildman–Crippen MR) is 31.3 cm³/mol. The number of halogens is 1. The molecule has 0 saturated carbocycles. The minimum Gasteiger partial charge on any atom is -0.480 e. The van der Waals surface area contributed by atoms with Crippen LogP contribution in [0.15, 0.2) is 0 Å². The number of hydrogen-bond acceptors (Lipinski definition) is 3. The molecule has 0 fully saturated rings. The number of rotatable bonds is 1. The fraction of sp³-hybridized carbons (Fsp3) is 0.500. The lowest BCUT2D eigenvalue weighted by molar-refractivity contribution is -0.140. The maximum Gasteiger partial charge on any atom is 0.329 e. The van der Waals surface area contributed by atoms with Gasteiger partial charge in [0.05, 0.1) is 0 Å². The van der Waals surface area contributed by atoms with Crippen molar-refractivity contribution >= 4 is 22.8 Å². The van der Waals surface area contributed by atoms with Gasteiger partial charge in [-0.15, -0.1) is 0 Å². The van der Waals surface area contributed by atoms with E-state index in [-0.39, 0.29) is 5.24 Å². The first-order valence-electron chi connectivity index (χ1n) is 1.99. The van der Waals surface area contributed by atoms with Crippen molar-refractivity contribution in [2.45, 2.75) is 6.92 Å². The molecular formula is C4H7ClO4. The van der Waals surface area contributed by atoms with Crippen LogP contribution in [0, 0.1) is 0 Å². The van der Waals surface area contributed by atoms with Gasteiger partial charge in [0.1, 0.15) is 6.61 Å². The maximum atomic E-state index is 9.21. The Hall–Kier alpha value is -0.610. The average molecular weight is 155 g/mol. The normalized spacial score (nSPS) is 7.00. The van der Waals surface area contributed by atoms with Crippen molar-refractivity contribution in [3.63, 3.8) is 0 Å². The molecule has 54 valence electrons.